The van der Waals surface area contributed by atoms with Crippen LogP contribution in [-0.2, 0) is 11.0 Å². The summed E-state index contributed by atoms with van der Waals surface area (Å²) in [5.41, 5.74) is 2.97. The van der Waals surface area contributed by atoms with Gasteiger partial charge in [-0.1, -0.05) is 103 Å². The zero-order chi connectivity index (χ0) is 32.1. The van der Waals surface area contributed by atoms with E-state index in [1.165, 1.54) is 27.7 Å². The molecular formula is C40H32N2O3PS+. The third kappa shape index (κ3) is 6.35. The smallest absolute Gasteiger partial charge is 0.262 e. The molecule has 2 heterocycles. The number of hydrogen-bond donors (Lipinski definition) is 1. The average Bonchev–Trinajstić information content (AvgIpc) is 3.14. The van der Waals surface area contributed by atoms with Crippen LogP contribution < -0.4 is 26.0 Å². The van der Waals surface area contributed by atoms with E-state index in [-0.39, 0.29) is 18.3 Å². The number of benzene rings is 5. The molecule has 1 atom stereocenters. The molecule has 0 bridgehead atoms. The molecule has 1 amide bonds. The molecule has 1 N–H and O–H groups in total. The second kappa shape index (κ2) is 13.8. The molecule has 47 heavy (non-hydrogen) atoms. The predicted molar refractivity (Wildman–Crippen MR) is 193 cm³/mol. The molecule has 1 aliphatic rings. The SMILES string of the molecule is O=C1COc2ccc(C(=O)C(Sc3ncccc3C[P+](c3ccccc3)(c3ccccc3)c3ccccc3)c3ccccc3)cc2N1. The summed E-state index contributed by atoms with van der Waals surface area (Å²) < 4.78 is 5.55. The Hall–Kier alpha value is -5.03. The maximum absolute atomic E-state index is 14.4. The predicted octanol–water partition coefficient (Wildman–Crippen LogP) is 7.62. The molecule has 1 aliphatic heterocycles. The van der Waals surface area contributed by atoms with Crippen molar-refractivity contribution >= 4 is 52.3 Å². The van der Waals surface area contributed by atoms with Gasteiger partial charge in [0.1, 0.15) is 40.1 Å². The van der Waals surface area contributed by atoms with Crippen LogP contribution in [-0.4, -0.2) is 23.3 Å². The summed E-state index contributed by atoms with van der Waals surface area (Å²) >= 11 is 1.47. The number of hydrogen-bond acceptors (Lipinski definition) is 5. The van der Waals surface area contributed by atoms with Gasteiger partial charge in [-0.3, -0.25) is 9.59 Å². The summed E-state index contributed by atoms with van der Waals surface area (Å²) in [5.74, 6) is 0.243. The van der Waals surface area contributed by atoms with Gasteiger partial charge in [0.2, 0.25) is 0 Å². The molecule has 0 saturated heterocycles. The molecule has 5 aromatic carbocycles. The lowest BCUT2D eigenvalue weighted by atomic mass is 10.0. The Morgan fingerprint density at radius 2 is 1.32 bits per heavy atom. The summed E-state index contributed by atoms with van der Waals surface area (Å²) in [5, 5.41) is 6.93. The Balaban J connectivity index is 1.33. The van der Waals surface area contributed by atoms with E-state index >= 15 is 0 Å². The van der Waals surface area contributed by atoms with Crippen molar-refractivity contribution in [1.82, 2.24) is 4.98 Å². The van der Waals surface area contributed by atoms with E-state index in [2.05, 4.69) is 102 Å². The lowest BCUT2D eigenvalue weighted by Crippen LogP contribution is -2.32. The van der Waals surface area contributed by atoms with Crippen LogP contribution in [0.15, 0.2) is 163 Å². The third-order valence-electron chi connectivity index (χ3n) is 8.32. The zero-order valence-corrected chi connectivity index (χ0v) is 27.2. The number of nitrogens with zero attached hydrogens (tertiary/aromatic N) is 1. The summed E-state index contributed by atoms with van der Waals surface area (Å²) in [6.07, 6.45) is 2.54. The summed E-state index contributed by atoms with van der Waals surface area (Å²) in [6.45, 7) is -0.0374. The lowest BCUT2D eigenvalue weighted by Gasteiger charge is -2.28. The van der Waals surface area contributed by atoms with Gasteiger partial charge in [0, 0.05) is 17.3 Å². The number of carbonyl (C=O) groups is 2. The minimum absolute atomic E-state index is 0.0374. The largest absolute Gasteiger partial charge is 0.482 e. The molecule has 0 radical (unpaired) electrons. The van der Waals surface area contributed by atoms with E-state index in [0.717, 1.165) is 22.3 Å². The minimum Gasteiger partial charge on any atom is -0.482 e. The van der Waals surface area contributed by atoms with Crippen LogP contribution in [0.4, 0.5) is 5.69 Å². The number of nitrogens with one attached hydrogen (secondary N) is 1. The van der Waals surface area contributed by atoms with E-state index in [4.69, 9.17) is 9.72 Å². The van der Waals surface area contributed by atoms with Crippen LogP contribution in [0.5, 0.6) is 5.75 Å². The van der Waals surface area contributed by atoms with Gasteiger partial charge in [0.05, 0.1) is 10.9 Å². The van der Waals surface area contributed by atoms with Crippen molar-refractivity contribution in [3.63, 3.8) is 0 Å². The van der Waals surface area contributed by atoms with Crippen molar-refractivity contribution in [2.24, 2.45) is 0 Å². The Morgan fingerprint density at radius 3 is 1.91 bits per heavy atom. The van der Waals surface area contributed by atoms with Crippen LogP contribution in [0.3, 0.4) is 0 Å². The number of fused-ring (bicyclic) bond motifs is 1. The molecule has 7 rings (SSSR count). The van der Waals surface area contributed by atoms with E-state index in [1.807, 2.05) is 36.4 Å². The van der Waals surface area contributed by atoms with Crippen molar-refractivity contribution in [3.05, 3.63) is 175 Å². The third-order valence-corrected chi connectivity index (χ3v) is 14.0. The second-order valence-electron chi connectivity index (χ2n) is 11.3. The molecule has 0 fully saturated rings. The number of amides is 1. The van der Waals surface area contributed by atoms with Gasteiger partial charge in [-0.05, 0) is 66.2 Å². The molecule has 0 aliphatic carbocycles. The average molecular weight is 652 g/mol. The highest BCUT2D eigenvalue weighted by atomic mass is 32.2. The van der Waals surface area contributed by atoms with E-state index in [9.17, 15) is 9.59 Å². The molecule has 6 aromatic rings. The van der Waals surface area contributed by atoms with Crippen molar-refractivity contribution in [1.29, 1.82) is 0 Å². The number of rotatable bonds is 10. The van der Waals surface area contributed by atoms with Gasteiger partial charge in [-0.2, -0.15) is 0 Å². The normalized spacial score (nSPS) is 13.1. The number of carbonyl (C=O) groups excluding carboxylic acids is 2. The zero-order valence-electron chi connectivity index (χ0n) is 25.5. The summed E-state index contributed by atoms with van der Waals surface area (Å²) in [6, 6.07) is 51.5. The number of anilines is 1. The van der Waals surface area contributed by atoms with Crippen LogP contribution in [0.2, 0.25) is 0 Å². The van der Waals surface area contributed by atoms with Gasteiger partial charge in [-0.25, -0.2) is 4.98 Å². The molecular weight excluding hydrogens is 619 g/mol. The molecule has 230 valence electrons. The van der Waals surface area contributed by atoms with Crippen LogP contribution >= 0.6 is 19.0 Å². The summed E-state index contributed by atoms with van der Waals surface area (Å²) in [4.78, 5) is 31.3. The fourth-order valence-corrected chi connectivity index (χ4v) is 11.6. The topological polar surface area (TPSA) is 68.3 Å². The minimum atomic E-state index is -2.21. The summed E-state index contributed by atoms with van der Waals surface area (Å²) in [7, 11) is -2.21. The fourth-order valence-electron chi connectivity index (χ4n) is 6.07. The second-order valence-corrected chi connectivity index (χ2v) is 15.8. The van der Waals surface area contributed by atoms with Crippen molar-refractivity contribution in [2.45, 2.75) is 16.4 Å². The van der Waals surface area contributed by atoms with Crippen LogP contribution in [0, 0.1) is 0 Å². The highest BCUT2D eigenvalue weighted by Gasteiger charge is 2.46. The van der Waals surface area contributed by atoms with Gasteiger partial charge < -0.3 is 10.1 Å². The maximum Gasteiger partial charge on any atom is 0.262 e. The first-order valence-electron chi connectivity index (χ1n) is 15.4. The van der Waals surface area contributed by atoms with Gasteiger partial charge >= 0.3 is 0 Å². The number of pyridine rings is 1. The van der Waals surface area contributed by atoms with E-state index in [1.54, 1.807) is 24.4 Å². The quantitative estimate of drug-likeness (QED) is 0.0938. The van der Waals surface area contributed by atoms with Crippen LogP contribution in [0.25, 0.3) is 0 Å². The first kappa shape index (κ1) is 30.6. The standard InChI is InChI=1S/C40H31N2O3PS/c43-37-27-45-36-24-23-30(26-35(36)42-37)38(44)39(29-14-5-1-6-15-29)47-40-31(16-13-25-41-40)28-46(32-17-7-2-8-18-32,33-19-9-3-10-20-33)34-21-11-4-12-22-34/h1-26,39H,27-28H2/p+1. The molecule has 1 aromatic heterocycles. The number of ether oxygens (including phenoxy) is 1. The highest BCUT2D eigenvalue weighted by Crippen LogP contribution is 2.59. The van der Waals surface area contributed by atoms with E-state index < -0.39 is 12.5 Å². The van der Waals surface area contributed by atoms with E-state index in [0.29, 0.717) is 17.0 Å². The lowest BCUT2D eigenvalue weighted by molar-refractivity contribution is -0.118. The Morgan fingerprint density at radius 1 is 0.745 bits per heavy atom. The first-order chi connectivity index (χ1) is 23.1. The van der Waals surface area contributed by atoms with Crippen LogP contribution in [0.1, 0.15) is 26.7 Å². The highest BCUT2D eigenvalue weighted by molar-refractivity contribution is 8.00. The molecule has 0 saturated carbocycles. The Labute approximate surface area is 279 Å². The number of thioether (sulfide) groups is 1. The van der Waals surface area contributed by atoms with Crippen molar-refractivity contribution in [3.8, 4) is 5.75 Å². The molecule has 5 nitrogen and oxygen atoms in total. The monoisotopic (exact) mass is 651 g/mol. The van der Waals surface area contributed by atoms with Gasteiger partial charge in [0.25, 0.3) is 5.91 Å². The Kier molecular flexibility index (Phi) is 8.96. The molecule has 0 spiro atoms. The first-order valence-corrected chi connectivity index (χ1v) is 18.3. The maximum atomic E-state index is 14.4. The van der Waals surface area contributed by atoms with Crippen molar-refractivity contribution in [2.75, 3.05) is 11.9 Å². The fraction of sp³-hybridized carbons (Fsp3) is 0.0750. The molecule has 1 unspecified atom stereocenters. The molecule has 7 heteroatoms. The number of aromatic nitrogens is 1. The van der Waals surface area contributed by atoms with Gasteiger partial charge in [0.15, 0.2) is 12.4 Å². The Bertz CT molecular complexity index is 1910. The number of Topliss-reactive ketones (excluding diaryl/α,β-unsaturated/α-hetero) is 1. The van der Waals surface area contributed by atoms with Gasteiger partial charge in [-0.15, -0.1) is 0 Å². The number of ketones is 1. The van der Waals surface area contributed by atoms with Crippen molar-refractivity contribution < 1.29 is 14.3 Å².